The summed E-state index contributed by atoms with van der Waals surface area (Å²) in [5.74, 6) is 0.172. The number of hydrogen-bond acceptors (Lipinski definition) is 3. The van der Waals surface area contributed by atoms with E-state index >= 15 is 0 Å². The Kier molecular flexibility index (Phi) is 4.79. The molecule has 0 radical (unpaired) electrons. The maximum Gasteiger partial charge on any atom is 0.220 e. The molecule has 1 heterocycles. The normalized spacial score (nSPS) is 16.1. The molecular weight excluding hydrogens is 328 g/mol. The Bertz CT molecular complexity index is 853. The monoisotopic (exact) mass is 350 g/mol. The Labute approximate surface area is 152 Å². The summed E-state index contributed by atoms with van der Waals surface area (Å²) < 4.78 is 1.25. The van der Waals surface area contributed by atoms with Crippen LogP contribution in [0, 0.1) is 0 Å². The van der Waals surface area contributed by atoms with Crippen molar-refractivity contribution in [2.24, 2.45) is 0 Å². The highest BCUT2D eigenvalue weighted by atomic mass is 32.1. The standard InChI is InChI=1S/C21H22N2OS/c24-20(22-17-14-13-15-7-1-2-8-16(15)17)11-5-6-12-21-23-18-9-3-4-10-19(18)25-21/h1-4,7-10,17H,5-6,11-14H2,(H,22,24). The van der Waals surface area contributed by atoms with Gasteiger partial charge in [0.05, 0.1) is 21.3 Å². The van der Waals surface area contributed by atoms with Crippen LogP contribution in [0.5, 0.6) is 0 Å². The number of hydrogen-bond donors (Lipinski definition) is 1. The van der Waals surface area contributed by atoms with Gasteiger partial charge in [-0.05, 0) is 55.4 Å². The van der Waals surface area contributed by atoms with E-state index in [-0.39, 0.29) is 11.9 Å². The van der Waals surface area contributed by atoms with E-state index < -0.39 is 0 Å². The Morgan fingerprint density at radius 1 is 1.12 bits per heavy atom. The van der Waals surface area contributed by atoms with Crippen LogP contribution in [-0.4, -0.2) is 10.9 Å². The van der Waals surface area contributed by atoms with E-state index in [1.54, 1.807) is 11.3 Å². The third-order valence-corrected chi connectivity index (χ3v) is 5.95. The lowest BCUT2D eigenvalue weighted by Gasteiger charge is -2.14. The number of fused-ring (bicyclic) bond motifs is 2. The predicted molar refractivity (Wildman–Crippen MR) is 103 cm³/mol. The summed E-state index contributed by atoms with van der Waals surface area (Å²) in [7, 11) is 0. The van der Waals surface area contributed by atoms with Crippen LogP contribution in [-0.2, 0) is 17.6 Å². The van der Waals surface area contributed by atoms with E-state index in [4.69, 9.17) is 0 Å². The molecule has 0 aliphatic heterocycles. The second kappa shape index (κ2) is 7.36. The first-order valence-electron chi connectivity index (χ1n) is 9.01. The molecule has 3 nitrogen and oxygen atoms in total. The number of rotatable bonds is 6. The molecule has 2 aromatic carbocycles. The molecule has 1 atom stereocenters. The van der Waals surface area contributed by atoms with Crippen molar-refractivity contribution in [3.8, 4) is 0 Å². The molecule has 1 unspecified atom stereocenters. The van der Waals surface area contributed by atoms with E-state index in [0.29, 0.717) is 6.42 Å². The van der Waals surface area contributed by atoms with Crippen molar-refractivity contribution < 1.29 is 4.79 Å². The van der Waals surface area contributed by atoms with Gasteiger partial charge < -0.3 is 5.32 Å². The number of unbranched alkanes of at least 4 members (excludes halogenated alkanes) is 1. The van der Waals surface area contributed by atoms with Crippen LogP contribution in [0.3, 0.4) is 0 Å². The number of nitrogens with one attached hydrogen (secondary N) is 1. The second-order valence-electron chi connectivity index (χ2n) is 6.64. The third kappa shape index (κ3) is 3.74. The number of aromatic nitrogens is 1. The van der Waals surface area contributed by atoms with Crippen molar-refractivity contribution >= 4 is 27.5 Å². The molecular formula is C21H22N2OS. The zero-order valence-electron chi connectivity index (χ0n) is 14.2. The fraction of sp³-hybridized carbons (Fsp3) is 0.333. The number of benzene rings is 2. The minimum atomic E-state index is 0.172. The summed E-state index contributed by atoms with van der Waals surface area (Å²) in [4.78, 5) is 16.9. The van der Waals surface area contributed by atoms with Gasteiger partial charge in [-0.15, -0.1) is 11.3 Å². The van der Waals surface area contributed by atoms with E-state index in [9.17, 15) is 4.79 Å². The van der Waals surface area contributed by atoms with E-state index in [2.05, 4.69) is 52.8 Å². The predicted octanol–water partition coefficient (Wildman–Crippen LogP) is 4.81. The minimum absolute atomic E-state index is 0.172. The summed E-state index contributed by atoms with van der Waals surface area (Å²) in [6.45, 7) is 0. The first-order chi connectivity index (χ1) is 12.3. The van der Waals surface area contributed by atoms with Crippen LogP contribution in [0.25, 0.3) is 10.2 Å². The fourth-order valence-corrected chi connectivity index (χ4v) is 4.57. The van der Waals surface area contributed by atoms with Gasteiger partial charge in [-0.25, -0.2) is 4.98 Å². The number of aryl methyl sites for hydroxylation is 2. The Balaban J connectivity index is 1.23. The van der Waals surface area contributed by atoms with Crippen LogP contribution < -0.4 is 5.32 Å². The zero-order chi connectivity index (χ0) is 17.1. The van der Waals surface area contributed by atoms with Crippen molar-refractivity contribution in [3.05, 3.63) is 64.7 Å². The van der Waals surface area contributed by atoms with Gasteiger partial charge in [0.2, 0.25) is 5.91 Å². The molecule has 3 aromatic rings. The van der Waals surface area contributed by atoms with Crippen LogP contribution in [0.1, 0.15) is 47.9 Å². The minimum Gasteiger partial charge on any atom is -0.349 e. The Morgan fingerprint density at radius 3 is 2.88 bits per heavy atom. The molecule has 128 valence electrons. The summed E-state index contributed by atoms with van der Waals surface area (Å²) in [5.41, 5.74) is 3.76. The molecule has 0 saturated carbocycles. The number of nitrogens with zero attached hydrogens (tertiary/aromatic N) is 1. The van der Waals surface area contributed by atoms with Crippen molar-refractivity contribution in [3.63, 3.8) is 0 Å². The van der Waals surface area contributed by atoms with Crippen LogP contribution in [0.2, 0.25) is 0 Å². The van der Waals surface area contributed by atoms with Crippen molar-refractivity contribution in [2.75, 3.05) is 0 Å². The highest BCUT2D eigenvalue weighted by Gasteiger charge is 2.22. The molecule has 4 rings (SSSR count). The summed E-state index contributed by atoms with van der Waals surface area (Å²) in [6, 6.07) is 16.9. The molecule has 1 aliphatic carbocycles. The van der Waals surface area contributed by atoms with Crippen molar-refractivity contribution in [2.45, 2.75) is 44.6 Å². The lowest BCUT2D eigenvalue weighted by atomic mass is 10.1. The maximum atomic E-state index is 12.2. The molecule has 1 aromatic heterocycles. The molecule has 1 N–H and O–H groups in total. The van der Waals surface area contributed by atoms with E-state index in [1.807, 2.05) is 6.07 Å². The highest BCUT2D eigenvalue weighted by Crippen LogP contribution is 2.30. The second-order valence-corrected chi connectivity index (χ2v) is 7.76. The molecule has 0 bridgehead atoms. The largest absolute Gasteiger partial charge is 0.349 e. The number of amides is 1. The zero-order valence-corrected chi connectivity index (χ0v) is 15.0. The Hall–Kier alpha value is -2.20. The first-order valence-corrected chi connectivity index (χ1v) is 9.83. The molecule has 25 heavy (non-hydrogen) atoms. The topological polar surface area (TPSA) is 42.0 Å². The third-order valence-electron chi connectivity index (χ3n) is 4.85. The molecule has 0 saturated heterocycles. The van der Waals surface area contributed by atoms with Gasteiger partial charge in [0.1, 0.15) is 0 Å². The smallest absolute Gasteiger partial charge is 0.220 e. The molecule has 0 spiro atoms. The molecule has 1 amide bonds. The van der Waals surface area contributed by atoms with E-state index in [1.165, 1.54) is 20.8 Å². The molecule has 0 fully saturated rings. The van der Waals surface area contributed by atoms with Gasteiger partial charge in [0.15, 0.2) is 0 Å². The Morgan fingerprint density at radius 2 is 1.96 bits per heavy atom. The number of para-hydroxylation sites is 1. The molecule has 1 aliphatic rings. The maximum absolute atomic E-state index is 12.2. The molecule has 4 heteroatoms. The van der Waals surface area contributed by atoms with Crippen LogP contribution in [0.15, 0.2) is 48.5 Å². The lowest BCUT2D eigenvalue weighted by Crippen LogP contribution is -2.26. The number of carbonyl (C=O) groups is 1. The SMILES string of the molecule is O=C(CCCCc1nc2ccccc2s1)NC1CCc2ccccc21. The fourth-order valence-electron chi connectivity index (χ4n) is 3.56. The lowest BCUT2D eigenvalue weighted by molar-refractivity contribution is -0.121. The number of carbonyl (C=O) groups excluding carboxylic acids is 1. The van der Waals surface area contributed by atoms with Gasteiger partial charge in [-0.3, -0.25) is 4.79 Å². The van der Waals surface area contributed by atoms with Gasteiger partial charge in [-0.1, -0.05) is 36.4 Å². The van der Waals surface area contributed by atoms with Crippen molar-refractivity contribution in [1.29, 1.82) is 0 Å². The average molecular weight is 350 g/mol. The van der Waals surface area contributed by atoms with Gasteiger partial charge in [-0.2, -0.15) is 0 Å². The van der Waals surface area contributed by atoms with Crippen molar-refractivity contribution in [1.82, 2.24) is 10.3 Å². The van der Waals surface area contributed by atoms with Gasteiger partial charge in [0.25, 0.3) is 0 Å². The van der Waals surface area contributed by atoms with Crippen LogP contribution >= 0.6 is 11.3 Å². The first kappa shape index (κ1) is 16.3. The number of thiazole rings is 1. The van der Waals surface area contributed by atoms with Crippen LogP contribution in [0.4, 0.5) is 0 Å². The quantitative estimate of drug-likeness (QED) is 0.648. The summed E-state index contributed by atoms with van der Waals surface area (Å²) in [5, 5.41) is 4.38. The average Bonchev–Trinajstić information content (AvgIpc) is 3.23. The summed E-state index contributed by atoms with van der Waals surface area (Å²) in [6.07, 6.45) is 5.57. The highest BCUT2D eigenvalue weighted by molar-refractivity contribution is 7.18. The van der Waals surface area contributed by atoms with Gasteiger partial charge in [0, 0.05) is 6.42 Å². The van der Waals surface area contributed by atoms with Gasteiger partial charge >= 0.3 is 0 Å². The van der Waals surface area contributed by atoms with E-state index in [0.717, 1.165) is 37.6 Å². The summed E-state index contributed by atoms with van der Waals surface area (Å²) >= 11 is 1.76.